The maximum absolute atomic E-state index is 13.6. The third kappa shape index (κ3) is 4.04. The number of alkyl halides is 15. The van der Waals surface area contributed by atoms with Crippen molar-refractivity contribution in [2.24, 2.45) is 0 Å². The maximum Gasteiger partial charge on any atom is 0.460 e. The largest absolute Gasteiger partial charge is 0.487 e. The molecular formula is C15H7F15O2. The molecule has 0 heterocycles. The van der Waals surface area contributed by atoms with Crippen LogP contribution in [0.3, 0.4) is 0 Å². The minimum atomic E-state index is -8.34. The molecule has 0 aromatic heterocycles. The van der Waals surface area contributed by atoms with Gasteiger partial charge >= 0.3 is 41.7 Å². The van der Waals surface area contributed by atoms with Crippen LogP contribution in [0.15, 0.2) is 24.3 Å². The van der Waals surface area contributed by atoms with Crippen molar-refractivity contribution >= 4 is 6.29 Å². The first-order valence-corrected chi connectivity index (χ1v) is 7.53. The Balaban J connectivity index is 3.33. The summed E-state index contributed by atoms with van der Waals surface area (Å²) >= 11 is 0. The van der Waals surface area contributed by atoms with Gasteiger partial charge in [-0.2, -0.15) is 65.9 Å². The normalized spacial score (nSPS) is 15.0. The highest BCUT2D eigenvalue weighted by atomic mass is 19.4. The number of carbonyl (C=O) groups excluding carboxylic acids is 1. The molecule has 1 aromatic carbocycles. The van der Waals surface area contributed by atoms with Crippen LogP contribution in [-0.4, -0.2) is 54.6 Å². The molecule has 1 rings (SSSR count). The highest BCUT2D eigenvalue weighted by Crippen LogP contribution is 2.62. The SMILES string of the molecule is O=Cc1ccc(OCC(F)(F)C(F)(F)C(F)(F)C(F)(F)C(F)(F)C(F)(F)C(F)(F)F)cc1. The van der Waals surface area contributed by atoms with E-state index < -0.39 is 54.1 Å². The highest BCUT2D eigenvalue weighted by Gasteiger charge is 2.93. The summed E-state index contributed by atoms with van der Waals surface area (Å²) in [7, 11) is 0. The van der Waals surface area contributed by atoms with Gasteiger partial charge in [0.25, 0.3) is 0 Å². The average Bonchev–Trinajstić information content (AvgIpc) is 2.65. The Labute approximate surface area is 166 Å². The van der Waals surface area contributed by atoms with E-state index in [1.807, 2.05) is 0 Å². The first-order valence-electron chi connectivity index (χ1n) is 7.53. The molecule has 0 fully saturated rings. The van der Waals surface area contributed by atoms with E-state index in [0.29, 0.717) is 12.1 Å². The molecule has 0 atom stereocenters. The Bertz CT molecular complexity index is 811. The predicted molar refractivity (Wildman–Crippen MR) is 73.1 cm³/mol. The molecule has 0 N–H and O–H groups in total. The predicted octanol–water partition coefficient (Wildman–Crippen LogP) is 6.25. The molecule has 17 heteroatoms. The van der Waals surface area contributed by atoms with Crippen molar-refractivity contribution in [1.29, 1.82) is 0 Å². The molecule has 0 saturated carbocycles. The first kappa shape index (κ1) is 27.7. The van der Waals surface area contributed by atoms with Crippen LogP contribution in [0.4, 0.5) is 65.9 Å². The molecule has 0 spiro atoms. The number of ether oxygens (including phenoxy) is 1. The molecule has 2 nitrogen and oxygen atoms in total. The summed E-state index contributed by atoms with van der Waals surface area (Å²) in [5, 5.41) is 0. The van der Waals surface area contributed by atoms with Crippen LogP contribution >= 0.6 is 0 Å². The third-order valence-electron chi connectivity index (χ3n) is 3.83. The average molecular weight is 504 g/mol. The molecule has 0 bridgehead atoms. The van der Waals surface area contributed by atoms with E-state index in [1.165, 1.54) is 0 Å². The number of rotatable bonds is 9. The van der Waals surface area contributed by atoms with E-state index in [0.717, 1.165) is 12.1 Å². The molecule has 0 amide bonds. The summed E-state index contributed by atoms with van der Waals surface area (Å²) in [6, 6.07) is 2.90. The Morgan fingerprint density at radius 1 is 0.594 bits per heavy atom. The van der Waals surface area contributed by atoms with E-state index in [1.54, 1.807) is 0 Å². The van der Waals surface area contributed by atoms with Crippen molar-refractivity contribution in [3.8, 4) is 5.75 Å². The van der Waals surface area contributed by atoms with Crippen LogP contribution in [0.25, 0.3) is 0 Å². The zero-order valence-electron chi connectivity index (χ0n) is 14.6. The lowest BCUT2D eigenvalue weighted by molar-refractivity contribution is -0.453. The Morgan fingerprint density at radius 3 is 1.34 bits per heavy atom. The van der Waals surface area contributed by atoms with E-state index in [2.05, 4.69) is 4.74 Å². The van der Waals surface area contributed by atoms with Gasteiger partial charge in [-0.1, -0.05) is 0 Å². The summed E-state index contributed by atoms with van der Waals surface area (Å²) in [6.45, 7) is -2.94. The number of hydrogen-bond acceptors (Lipinski definition) is 2. The smallest absolute Gasteiger partial charge is 0.460 e. The Morgan fingerprint density at radius 2 is 0.969 bits per heavy atom. The quantitative estimate of drug-likeness (QED) is 0.294. The topological polar surface area (TPSA) is 26.3 Å². The molecule has 32 heavy (non-hydrogen) atoms. The van der Waals surface area contributed by atoms with Crippen molar-refractivity contribution in [1.82, 2.24) is 0 Å². The minimum absolute atomic E-state index is 0.131. The molecule has 0 saturated heterocycles. The molecular weight excluding hydrogens is 497 g/mol. The van der Waals surface area contributed by atoms with Crippen LogP contribution in [0.2, 0.25) is 0 Å². The van der Waals surface area contributed by atoms with Gasteiger partial charge in [0, 0.05) is 5.56 Å². The summed E-state index contributed by atoms with van der Waals surface area (Å²) in [5.41, 5.74) is -0.131. The molecule has 0 unspecified atom stereocenters. The van der Waals surface area contributed by atoms with Gasteiger partial charge in [-0.3, -0.25) is 4.79 Å². The molecule has 0 aliphatic rings. The fourth-order valence-corrected chi connectivity index (χ4v) is 1.91. The first-order chi connectivity index (χ1) is 14.0. The van der Waals surface area contributed by atoms with Crippen molar-refractivity contribution in [2.75, 3.05) is 6.61 Å². The number of hydrogen-bond donors (Lipinski definition) is 0. The molecule has 0 aliphatic heterocycles. The number of benzene rings is 1. The molecule has 184 valence electrons. The second-order valence-corrected chi connectivity index (χ2v) is 6.05. The highest BCUT2D eigenvalue weighted by molar-refractivity contribution is 5.74. The zero-order valence-corrected chi connectivity index (χ0v) is 14.6. The van der Waals surface area contributed by atoms with Gasteiger partial charge in [0.2, 0.25) is 0 Å². The van der Waals surface area contributed by atoms with Crippen LogP contribution in [0.5, 0.6) is 5.75 Å². The lowest BCUT2D eigenvalue weighted by atomic mass is 9.91. The van der Waals surface area contributed by atoms with Gasteiger partial charge in [-0.05, 0) is 24.3 Å². The summed E-state index contributed by atoms with van der Waals surface area (Å²) in [6.07, 6.45) is -7.45. The molecule has 1 aromatic rings. The Kier molecular flexibility index (Phi) is 6.83. The van der Waals surface area contributed by atoms with Gasteiger partial charge in [-0.15, -0.1) is 0 Å². The number of carbonyl (C=O) groups is 1. The van der Waals surface area contributed by atoms with Crippen molar-refractivity contribution in [3.63, 3.8) is 0 Å². The fraction of sp³-hybridized carbons (Fsp3) is 0.533. The summed E-state index contributed by atoms with van der Waals surface area (Å²) in [4.78, 5) is 10.4. The van der Waals surface area contributed by atoms with Gasteiger partial charge in [-0.25, -0.2) is 0 Å². The standard InChI is InChI=1S/C15H7F15O2/c16-9(17,6-32-8-3-1-7(5-31)2-4-8)10(18,19)11(20,21)12(22,23)13(24,25)14(26,27)15(28,29)30/h1-5H,6H2. The maximum atomic E-state index is 13.6. The lowest BCUT2D eigenvalue weighted by Crippen LogP contribution is -2.73. The van der Waals surface area contributed by atoms with Crippen molar-refractivity contribution in [3.05, 3.63) is 29.8 Å². The van der Waals surface area contributed by atoms with Crippen LogP contribution in [0, 0.1) is 0 Å². The van der Waals surface area contributed by atoms with E-state index in [9.17, 15) is 70.7 Å². The monoisotopic (exact) mass is 504 g/mol. The zero-order chi connectivity index (χ0) is 25.6. The second kappa shape index (κ2) is 7.90. The van der Waals surface area contributed by atoms with Crippen LogP contribution in [0.1, 0.15) is 10.4 Å². The summed E-state index contributed by atoms with van der Waals surface area (Å²) in [5.74, 6) is -47.8. The molecule has 0 aliphatic carbocycles. The summed E-state index contributed by atoms with van der Waals surface area (Å²) < 4.78 is 199. The van der Waals surface area contributed by atoms with Crippen molar-refractivity contribution in [2.45, 2.75) is 41.7 Å². The van der Waals surface area contributed by atoms with Gasteiger partial charge in [0.1, 0.15) is 12.0 Å². The van der Waals surface area contributed by atoms with Gasteiger partial charge in [0.05, 0.1) is 0 Å². The second-order valence-electron chi connectivity index (χ2n) is 6.05. The lowest BCUT2D eigenvalue weighted by Gasteiger charge is -2.41. The van der Waals surface area contributed by atoms with Crippen molar-refractivity contribution < 1.29 is 75.4 Å². The fourth-order valence-electron chi connectivity index (χ4n) is 1.91. The van der Waals surface area contributed by atoms with E-state index in [4.69, 9.17) is 0 Å². The van der Waals surface area contributed by atoms with E-state index >= 15 is 0 Å². The molecule has 0 radical (unpaired) electrons. The Hall–Kier alpha value is -2.36. The number of halogens is 15. The minimum Gasteiger partial charge on any atom is -0.487 e. The third-order valence-corrected chi connectivity index (χ3v) is 3.83. The number of aldehydes is 1. The van der Waals surface area contributed by atoms with Gasteiger partial charge in [0.15, 0.2) is 6.61 Å². The van der Waals surface area contributed by atoms with E-state index in [-0.39, 0.29) is 11.8 Å². The van der Waals surface area contributed by atoms with Gasteiger partial charge < -0.3 is 4.74 Å². The van der Waals surface area contributed by atoms with Crippen LogP contribution < -0.4 is 4.74 Å². The van der Waals surface area contributed by atoms with Crippen LogP contribution in [-0.2, 0) is 0 Å².